The van der Waals surface area contributed by atoms with E-state index in [9.17, 15) is 9.59 Å². The van der Waals surface area contributed by atoms with E-state index < -0.39 is 0 Å². The van der Waals surface area contributed by atoms with Crippen molar-refractivity contribution in [3.05, 3.63) is 53.5 Å². The molecule has 3 aromatic rings. The first-order chi connectivity index (χ1) is 14.2. The van der Waals surface area contributed by atoms with Crippen LogP contribution in [0.25, 0.3) is 11.0 Å². The molecular formula is C21H20N6O2. The number of hydrogen-bond acceptors (Lipinski definition) is 5. The molecule has 1 aliphatic rings. The Balaban J connectivity index is 1.64. The molecule has 1 fully saturated rings. The lowest BCUT2D eigenvalue weighted by atomic mass is 10.1. The smallest absolute Gasteiger partial charge is 0.251 e. The Morgan fingerprint density at radius 3 is 2.97 bits per heavy atom. The number of aromatic nitrogens is 3. The Kier molecular flexibility index (Phi) is 5.12. The van der Waals surface area contributed by atoms with E-state index in [2.05, 4.69) is 32.4 Å². The molecule has 8 nitrogen and oxygen atoms in total. The van der Waals surface area contributed by atoms with Crippen LogP contribution >= 0.6 is 0 Å². The van der Waals surface area contributed by atoms with E-state index in [1.165, 1.54) is 6.33 Å². The van der Waals surface area contributed by atoms with Gasteiger partial charge in [0.15, 0.2) is 0 Å². The van der Waals surface area contributed by atoms with Crippen molar-refractivity contribution in [2.75, 3.05) is 12.3 Å². The monoisotopic (exact) mass is 388 g/mol. The maximum Gasteiger partial charge on any atom is 0.251 e. The lowest BCUT2D eigenvalue weighted by Gasteiger charge is -2.03. The Bertz CT molecular complexity index is 1140. The van der Waals surface area contributed by atoms with E-state index in [0.717, 1.165) is 18.4 Å². The van der Waals surface area contributed by atoms with Gasteiger partial charge in [-0.2, -0.15) is 0 Å². The molecule has 0 bridgehead atoms. The molecule has 1 aromatic carbocycles. The van der Waals surface area contributed by atoms with Crippen molar-refractivity contribution >= 4 is 29.2 Å². The normalized spacial score (nSPS) is 12.8. The minimum Gasteiger partial charge on any atom is -0.383 e. The van der Waals surface area contributed by atoms with E-state index in [4.69, 9.17) is 5.73 Å². The predicted octanol–water partition coefficient (Wildman–Crippen LogP) is 1.05. The summed E-state index contributed by atoms with van der Waals surface area (Å²) in [5.41, 5.74) is 8.72. The first-order valence-electron chi connectivity index (χ1n) is 9.35. The van der Waals surface area contributed by atoms with Gasteiger partial charge in [0.1, 0.15) is 17.8 Å². The lowest BCUT2D eigenvalue weighted by molar-refractivity contribution is -0.109. The van der Waals surface area contributed by atoms with Gasteiger partial charge in [-0.15, -0.1) is 0 Å². The highest BCUT2D eigenvalue weighted by Crippen LogP contribution is 2.23. The van der Waals surface area contributed by atoms with E-state index in [1.54, 1.807) is 12.1 Å². The molecule has 1 saturated carbocycles. The molecule has 0 spiro atoms. The number of nitrogens with one attached hydrogen (secondary N) is 2. The van der Waals surface area contributed by atoms with E-state index in [1.807, 2.05) is 22.9 Å². The number of hydrogen-bond donors (Lipinski definition) is 3. The molecule has 0 radical (unpaired) electrons. The topological polar surface area (TPSA) is 115 Å². The van der Waals surface area contributed by atoms with Crippen LogP contribution in [0.2, 0.25) is 0 Å². The highest BCUT2D eigenvalue weighted by Gasteiger charge is 2.23. The van der Waals surface area contributed by atoms with Crippen LogP contribution in [0.1, 0.15) is 34.3 Å². The molecule has 29 heavy (non-hydrogen) atoms. The molecule has 4 rings (SSSR count). The molecule has 2 heterocycles. The zero-order valence-corrected chi connectivity index (χ0v) is 15.7. The summed E-state index contributed by atoms with van der Waals surface area (Å²) in [5, 5.41) is 6.28. The van der Waals surface area contributed by atoms with Gasteiger partial charge >= 0.3 is 0 Å². The van der Waals surface area contributed by atoms with Crippen molar-refractivity contribution in [3.63, 3.8) is 0 Å². The van der Waals surface area contributed by atoms with Crippen LogP contribution in [-0.4, -0.2) is 39.4 Å². The largest absolute Gasteiger partial charge is 0.383 e. The minimum absolute atomic E-state index is 0.0759. The fourth-order valence-corrected chi connectivity index (χ4v) is 3.03. The second kappa shape index (κ2) is 8.02. The summed E-state index contributed by atoms with van der Waals surface area (Å²) in [6, 6.07) is 7.53. The number of carbonyl (C=O) groups is 2. The maximum absolute atomic E-state index is 12.2. The van der Waals surface area contributed by atoms with E-state index in [-0.39, 0.29) is 5.91 Å². The predicted molar refractivity (Wildman–Crippen MR) is 109 cm³/mol. The fourth-order valence-electron chi connectivity index (χ4n) is 3.03. The van der Waals surface area contributed by atoms with Crippen LogP contribution in [0.15, 0.2) is 36.8 Å². The molecular weight excluding hydrogens is 368 g/mol. The summed E-state index contributed by atoms with van der Waals surface area (Å²) < 4.78 is 1.88. The third-order valence-corrected chi connectivity index (χ3v) is 4.64. The highest BCUT2D eigenvalue weighted by atomic mass is 16.1. The van der Waals surface area contributed by atoms with Crippen molar-refractivity contribution in [3.8, 4) is 11.8 Å². The molecule has 0 unspecified atom stereocenters. The number of nitrogen functional groups attached to an aromatic ring is 1. The van der Waals surface area contributed by atoms with Gasteiger partial charge in [0.2, 0.25) is 6.41 Å². The number of amides is 2. The Labute approximate surface area is 167 Å². The number of nitrogens with two attached hydrogens (primary N) is 1. The number of carbonyl (C=O) groups excluding carboxylic acids is 2. The average molecular weight is 388 g/mol. The fraction of sp³-hybridized carbons (Fsp3) is 0.238. The first kappa shape index (κ1) is 18.5. The molecule has 2 amide bonds. The van der Waals surface area contributed by atoms with Gasteiger partial charge in [0, 0.05) is 36.5 Å². The molecule has 0 aliphatic heterocycles. The Morgan fingerprint density at radius 2 is 2.17 bits per heavy atom. The molecule has 0 saturated heterocycles. The molecule has 8 heteroatoms. The summed E-state index contributed by atoms with van der Waals surface area (Å²) in [5.74, 6) is 6.49. The van der Waals surface area contributed by atoms with Crippen LogP contribution in [-0.2, 0) is 11.3 Å². The van der Waals surface area contributed by atoms with Crippen LogP contribution in [0.4, 0.5) is 5.82 Å². The van der Waals surface area contributed by atoms with Crippen molar-refractivity contribution < 1.29 is 9.59 Å². The third kappa shape index (κ3) is 4.19. The summed E-state index contributed by atoms with van der Waals surface area (Å²) in [4.78, 5) is 31.1. The molecule has 146 valence electrons. The Hall–Kier alpha value is -3.86. The van der Waals surface area contributed by atoms with Gasteiger partial charge in [-0.25, -0.2) is 9.97 Å². The molecule has 4 N–H and O–H groups in total. The van der Waals surface area contributed by atoms with Gasteiger partial charge in [0.25, 0.3) is 5.91 Å². The standard InChI is InChI=1S/C21H20N6O2/c22-19-18-16(11-27(9-8-23-13-28)20(18)25-12-24-19)5-4-14-2-1-3-15(10-14)21(29)26-17-6-7-17/h1-3,10-13,17H,6-9H2,(H,23,28)(H,26,29)(H2,22,24,25). The number of fused-ring (bicyclic) bond motifs is 1. The average Bonchev–Trinajstić information content (AvgIpc) is 3.47. The summed E-state index contributed by atoms with van der Waals surface area (Å²) >= 11 is 0. The van der Waals surface area contributed by atoms with Crippen molar-refractivity contribution in [2.24, 2.45) is 0 Å². The van der Waals surface area contributed by atoms with Gasteiger partial charge in [0.05, 0.1) is 10.9 Å². The van der Waals surface area contributed by atoms with Crippen molar-refractivity contribution in [1.29, 1.82) is 0 Å². The lowest BCUT2D eigenvalue weighted by Crippen LogP contribution is -2.25. The van der Waals surface area contributed by atoms with E-state index >= 15 is 0 Å². The second-order valence-corrected chi connectivity index (χ2v) is 6.84. The van der Waals surface area contributed by atoms with Gasteiger partial charge < -0.3 is 20.9 Å². The van der Waals surface area contributed by atoms with Crippen LogP contribution in [0.3, 0.4) is 0 Å². The second-order valence-electron chi connectivity index (χ2n) is 6.84. The van der Waals surface area contributed by atoms with Crippen molar-refractivity contribution in [2.45, 2.75) is 25.4 Å². The van der Waals surface area contributed by atoms with Crippen LogP contribution in [0.5, 0.6) is 0 Å². The summed E-state index contributed by atoms with van der Waals surface area (Å²) in [7, 11) is 0. The Morgan fingerprint density at radius 1 is 1.31 bits per heavy atom. The number of benzene rings is 1. The highest BCUT2D eigenvalue weighted by molar-refractivity contribution is 5.95. The van der Waals surface area contributed by atoms with Crippen LogP contribution in [0, 0.1) is 11.8 Å². The zero-order valence-electron chi connectivity index (χ0n) is 15.7. The summed E-state index contributed by atoms with van der Waals surface area (Å²) in [6.07, 6.45) is 5.99. The number of rotatable bonds is 6. The van der Waals surface area contributed by atoms with Gasteiger partial charge in [-0.05, 0) is 31.0 Å². The first-order valence-corrected chi connectivity index (χ1v) is 9.35. The maximum atomic E-state index is 12.2. The number of anilines is 1. The molecule has 2 aromatic heterocycles. The SMILES string of the molecule is Nc1ncnc2c1c(C#Cc1cccc(C(=O)NC3CC3)c1)cn2CCNC=O. The third-order valence-electron chi connectivity index (χ3n) is 4.64. The molecule has 1 aliphatic carbocycles. The van der Waals surface area contributed by atoms with Crippen molar-refractivity contribution in [1.82, 2.24) is 25.2 Å². The quantitative estimate of drug-likeness (QED) is 0.332. The summed E-state index contributed by atoms with van der Waals surface area (Å²) in [6.45, 7) is 0.992. The minimum atomic E-state index is -0.0759. The van der Waals surface area contributed by atoms with Crippen LogP contribution < -0.4 is 16.4 Å². The van der Waals surface area contributed by atoms with Gasteiger partial charge in [-0.1, -0.05) is 17.9 Å². The molecule has 0 atom stereocenters. The zero-order chi connectivity index (χ0) is 20.2. The van der Waals surface area contributed by atoms with E-state index in [0.29, 0.717) is 53.5 Å². The van der Waals surface area contributed by atoms with Gasteiger partial charge in [-0.3, -0.25) is 9.59 Å². The number of nitrogens with zero attached hydrogens (tertiary/aromatic N) is 3.